The van der Waals surface area contributed by atoms with Gasteiger partial charge in [0.05, 0.1) is 0 Å². The van der Waals surface area contributed by atoms with E-state index < -0.39 is 6.10 Å². The summed E-state index contributed by atoms with van der Waals surface area (Å²) in [6.45, 7) is 6.57. The molecule has 0 heterocycles. The van der Waals surface area contributed by atoms with Crippen LogP contribution in [-0.2, 0) is 28.6 Å². The van der Waals surface area contributed by atoms with Crippen molar-refractivity contribution >= 4 is 17.9 Å². The van der Waals surface area contributed by atoms with Crippen molar-refractivity contribution < 1.29 is 28.6 Å². The minimum Gasteiger partial charge on any atom is -0.462 e. The molecule has 0 radical (unpaired) electrons. The molecular formula is C59H104O6. The topological polar surface area (TPSA) is 78.9 Å². The Morgan fingerprint density at radius 1 is 0.308 bits per heavy atom. The Morgan fingerprint density at radius 3 is 0.969 bits per heavy atom. The third-order valence-electron chi connectivity index (χ3n) is 12.0. The Bertz CT molecular complexity index is 1180. The molecule has 0 aromatic rings. The first-order valence-electron chi connectivity index (χ1n) is 27.8. The molecule has 1 atom stereocenters. The molecule has 0 fully saturated rings. The fraction of sp³-hybridized carbons (Fsp3) is 0.780. The molecule has 0 rings (SSSR count). The van der Waals surface area contributed by atoms with Crippen molar-refractivity contribution in [2.75, 3.05) is 13.2 Å². The molecule has 0 amide bonds. The molecule has 0 aliphatic carbocycles. The van der Waals surface area contributed by atoms with Gasteiger partial charge in [0.15, 0.2) is 6.10 Å². The number of rotatable bonds is 50. The largest absolute Gasteiger partial charge is 0.462 e. The summed E-state index contributed by atoms with van der Waals surface area (Å²) < 4.78 is 16.8. The monoisotopic (exact) mass is 909 g/mol. The molecule has 0 aromatic carbocycles. The van der Waals surface area contributed by atoms with E-state index in [1.807, 2.05) is 0 Å². The first-order valence-corrected chi connectivity index (χ1v) is 27.8. The molecule has 0 bridgehead atoms. The maximum atomic E-state index is 12.8. The van der Waals surface area contributed by atoms with Crippen LogP contribution in [0, 0.1) is 0 Å². The summed E-state index contributed by atoms with van der Waals surface area (Å²) in [6.07, 6.45) is 66.4. The molecular weight excluding hydrogens is 805 g/mol. The second-order valence-electron chi connectivity index (χ2n) is 18.5. The summed E-state index contributed by atoms with van der Waals surface area (Å²) in [5, 5.41) is 0. The zero-order chi connectivity index (χ0) is 47.2. The zero-order valence-electron chi connectivity index (χ0n) is 43.0. The van der Waals surface area contributed by atoms with Crippen LogP contribution in [0.1, 0.15) is 278 Å². The second-order valence-corrected chi connectivity index (χ2v) is 18.5. The lowest BCUT2D eigenvalue weighted by atomic mass is 10.0. The quantitative estimate of drug-likeness (QED) is 0.0262. The summed E-state index contributed by atoms with van der Waals surface area (Å²) in [6, 6.07) is 0. The molecule has 376 valence electrons. The number of carbonyl (C=O) groups is 3. The maximum absolute atomic E-state index is 12.8. The van der Waals surface area contributed by atoms with Gasteiger partial charge in [-0.05, 0) is 83.5 Å². The van der Waals surface area contributed by atoms with Gasteiger partial charge in [-0.2, -0.15) is 0 Å². The van der Waals surface area contributed by atoms with Crippen LogP contribution in [0.25, 0.3) is 0 Å². The van der Waals surface area contributed by atoms with E-state index in [1.165, 1.54) is 167 Å². The second kappa shape index (κ2) is 53.7. The number of unbranched alkanes of at least 4 members (excludes halogenated alkanes) is 29. The van der Waals surface area contributed by atoms with Gasteiger partial charge in [0.25, 0.3) is 0 Å². The smallest absolute Gasteiger partial charge is 0.306 e. The Kier molecular flexibility index (Phi) is 51.3. The van der Waals surface area contributed by atoms with Crippen molar-refractivity contribution in [1.29, 1.82) is 0 Å². The van der Waals surface area contributed by atoms with Crippen LogP contribution in [0.5, 0.6) is 0 Å². The van der Waals surface area contributed by atoms with Crippen molar-refractivity contribution in [3.05, 3.63) is 60.8 Å². The molecule has 6 heteroatoms. The normalized spacial score (nSPS) is 12.5. The highest BCUT2D eigenvalue weighted by Crippen LogP contribution is 2.15. The highest BCUT2D eigenvalue weighted by atomic mass is 16.6. The average Bonchev–Trinajstić information content (AvgIpc) is 3.30. The van der Waals surface area contributed by atoms with Crippen LogP contribution < -0.4 is 0 Å². The third-order valence-corrected chi connectivity index (χ3v) is 12.0. The van der Waals surface area contributed by atoms with E-state index in [4.69, 9.17) is 14.2 Å². The Balaban J connectivity index is 4.45. The van der Waals surface area contributed by atoms with Gasteiger partial charge in [0.2, 0.25) is 0 Å². The summed E-state index contributed by atoms with van der Waals surface area (Å²) in [4.78, 5) is 38.1. The van der Waals surface area contributed by atoms with E-state index in [0.717, 1.165) is 64.2 Å². The Morgan fingerprint density at radius 2 is 0.569 bits per heavy atom. The van der Waals surface area contributed by atoms with Crippen LogP contribution in [0.3, 0.4) is 0 Å². The molecule has 0 saturated heterocycles. The first kappa shape index (κ1) is 62.1. The molecule has 0 aliphatic rings. The molecule has 0 spiro atoms. The van der Waals surface area contributed by atoms with E-state index in [2.05, 4.69) is 81.5 Å². The van der Waals surface area contributed by atoms with Crippen LogP contribution in [-0.4, -0.2) is 37.2 Å². The number of ether oxygens (including phenoxy) is 3. The number of carbonyl (C=O) groups excluding carboxylic acids is 3. The number of hydrogen-bond acceptors (Lipinski definition) is 6. The van der Waals surface area contributed by atoms with E-state index >= 15 is 0 Å². The third kappa shape index (κ3) is 51.9. The average molecular weight is 909 g/mol. The lowest BCUT2D eigenvalue weighted by Crippen LogP contribution is -2.30. The highest BCUT2D eigenvalue weighted by Gasteiger charge is 2.19. The molecule has 1 unspecified atom stereocenters. The van der Waals surface area contributed by atoms with Gasteiger partial charge < -0.3 is 14.2 Å². The van der Waals surface area contributed by atoms with Gasteiger partial charge in [-0.25, -0.2) is 0 Å². The van der Waals surface area contributed by atoms with E-state index in [9.17, 15) is 14.4 Å². The van der Waals surface area contributed by atoms with Crippen molar-refractivity contribution in [2.45, 2.75) is 284 Å². The summed E-state index contributed by atoms with van der Waals surface area (Å²) >= 11 is 0. The predicted molar refractivity (Wildman–Crippen MR) is 279 cm³/mol. The van der Waals surface area contributed by atoms with E-state index in [1.54, 1.807) is 0 Å². The fourth-order valence-corrected chi connectivity index (χ4v) is 7.78. The lowest BCUT2D eigenvalue weighted by Gasteiger charge is -2.18. The minimum atomic E-state index is -0.796. The van der Waals surface area contributed by atoms with Crippen molar-refractivity contribution in [1.82, 2.24) is 0 Å². The van der Waals surface area contributed by atoms with Gasteiger partial charge >= 0.3 is 17.9 Å². The summed E-state index contributed by atoms with van der Waals surface area (Å²) in [5.74, 6) is -0.944. The first-order chi connectivity index (χ1) is 32.0. The van der Waals surface area contributed by atoms with Gasteiger partial charge in [-0.15, -0.1) is 0 Å². The summed E-state index contributed by atoms with van der Waals surface area (Å²) in [5.41, 5.74) is 0. The SMILES string of the molecule is CCCCC/C=C\C/C=C\C/C=C\C/C=C\CCCC(=O)OCC(COC(=O)CCCCCCCCCCCCCCC)OC(=O)CCCCCCCCC/C=C\CCCCCCCC. The number of esters is 3. The lowest BCUT2D eigenvalue weighted by molar-refractivity contribution is -0.167. The van der Waals surface area contributed by atoms with E-state index in [0.29, 0.717) is 19.3 Å². The molecule has 0 saturated carbocycles. The highest BCUT2D eigenvalue weighted by molar-refractivity contribution is 5.71. The molecule has 65 heavy (non-hydrogen) atoms. The number of allylic oxidation sites excluding steroid dienone is 10. The van der Waals surface area contributed by atoms with Gasteiger partial charge in [0, 0.05) is 19.3 Å². The molecule has 0 aliphatic heterocycles. The van der Waals surface area contributed by atoms with Crippen molar-refractivity contribution in [2.24, 2.45) is 0 Å². The Hall–Kier alpha value is -2.89. The van der Waals surface area contributed by atoms with Crippen LogP contribution in [0.2, 0.25) is 0 Å². The summed E-state index contributed by atoms with van der Waals surface area (Å²) in [7, 11) is 0. The Labute approximate surface area is 402 Å². The van der Waals surface area contributed by atoms with Crippen LogP contribution >= 0.6 is 0 Å². The zero-order valence-corrected chi connectivity index (χ0v) is 43.0. The van der Waals surface area contributed by atoms with Crippen molar-refractivity contribution in [3.63, 3.8) is 0 Å². The van der Waals surface area contributed by atoms with Gasteiger partial charge in [-0.3, -0.25) is 14.4 Å². The van der Waals surface area contributed by atoms with Crippen LogP contribution in [0.15, 0.2) is 60.8 Å². The minimum absolute atomic E-state index is 0.0905. The predicted octanol–water partition coefficient (Wildman–Crippen LogP) is 18.4. The maximum Gasteiger partial charge on any atom is 0.306 e. The van der Waals surface area contributed by atoms with E-state index in [-0.39, 0.29) is 37.5 Å². The van der Waals surface area contributed by atoms with Crippen LogP contribution in [0.4, 0.5) is 0 Å². The molecule has 0 aromatic heterocycles. The number of hydrogen-bond donors (Lipinski definition) is 0. The fourth-order valence-electron chi connectivity index (χ4n) is 7.78. The standard InChI is InChI=1S/C59H104O6/c1-4-7-10-13-16-19-22-25-27-29-31-34-37-40-43-46-49-52-58(61)64-55-56(54-63-57(60)51-48-45-42-39-36-33-24-21-18-15-12-9-6-3)65-59(62)53-50-47-44-41-38-35-32-30-28-26-23-20-17-14-11-8-5-2/h16,19,25-28,31,34,40,43,56H,4-15,17-18,20-24,29-30,32-33,35-39,41-42,44-55H2,1-3H3/b19-16-,27-25-,28-26-,34-31-,43-40-. The van der Waals surface area contributed by atoms with Gasteiger partial charge in [0.1, 0.15) is 13.2 Å². The molecule has 0 N–H and O–H groups in total. The van der Waals surface area contributed by atoms with Crippen molar-refractivity contribution in [3.8, 4) is 0 Å². The molecule has 6 nitrogen and oxygen atoms in total. The van der Waals surface area contributed by atoms with Gasteiger partial charge in [-0.1, -0.05) is 236 Å².